The molecule has 2 saturated heterocycles. The second-order valence-corrected chi connectivity index (χ2v) is 12.3. The van der Waals surface area contributed by atoms with E-state index in [1.165, 1.54) is 0 Å². The minimum absolute atomic E-state index is 0.140. The quantitative estimate of drug-likeness (QED) is 0.116. The van der Waals surface area contributed by atoms with Crippen molar-refractivity contribution < 1.29 is 77.0 Å². The molecule has 4 aliphatic rings. The smallest absolute Gasteiger partial charge is 0.307 e. The molecular formula is C31H42N2O16. The van der Waals surface area contributed by atoms with Crippen LogP contribution in [-0.2, 0) is 66.8 Å². The van der Waals surface area contributed by atoms with Crippen molar-refractivity contribution in [1.29, 1.82) is 0 Å². The number of nitrogens with zero attached hydrogens (tertiary/aromatic N) is 2. The molecule has 18 heteroatoms. The molecule has 4 fully saturated rings. The second-order valence-electron chi connectivity index (χ2n) is 12.3. The number of esters is 5. The molecule has 0 spiro atoms. The first-order chi connectivity index (χ1) is 23.1. The standard InChI is InChI=1S/C31H42N2O16/c1-6-43-22(39)9-10-33-29(41)18-8-7-17-19(11-20(38)25(40)23(17)24(18)30(33)42)32-49-31-28(47-16(5)37)27(46-15(4)36)26(45-14(3)35)21(48-31)12-44-13(2)34/h17-18,20-21,23-28,31,38,40H,6-12H2,1-5H3/t17-,18-,20-,21-,23+,24+,25-,26-,27+,28+,31+/m1/s1. The van der Waals surface area contributed by atoms with E-state index in [2.05, 4.69) is 5.16 Å². The molecule has 0 aromatic heterocycles. The van der Waals surface area contributed by atoms with Gasteiger partial charge in [-0.1, -0.05) is 5.16 Å². The van der Waals surface area contributed by atoms with Crippen LogP contribution in [0.1, 0.15) is 60.3 Å². The van der Waals surface area contributed by atoms with E-state index >= 15 is 0 Å². The van der Waals surface area contributed by atoms with Crippen LogP contribution in [0, 0.1) is 23.7 Å². The number of imide groups is 1. The van der Waals surface area contributed by atoms with Crippen molar-refractivity contribution in [3.05, 3.63) is 0 Å². The Labute approximate surface area is 281 Å². The maximum absolute atomic E-state index is 13.6. The highest BCUT2D eigenvalue weighted by Gasteiger charge is 2.60. The number of hydrogen-bond donors (Lipinski definition) is 2. The third-order valence-electron chi connectivity index (χ3n) is 8.94. The fourth-order valence-electron chi connectivity index (χ4n) is 7.09. The molecule has 2 aliphatic carbocycles. The predicted octanol–water partition coefficient (Wildman–Crippen LogP) is -0.852. The molecule has 0 aromatic carbocycles. The first kappa shape index (κ1) is 37.7. The van der Waals surface area contributed by atoms with Gasteiger partial charge in [0, 0.05) is 52.5 Å². The normalized spacial score (nSPS) is 34.7. The Morgan fingerprint density at radius 2 is 1.45 bits per heavy atom. The van der Waals surface area contributed by atoms with Crippen LogP contribution in [-0.4, -0.2) is 125 Å². The summed E-state index contributed by atoms with van der Waals surface area (Å²) in [6.07, 6.45) is -10.1. The fourth-order valence-corrected chi connectivity index (χ4v) is 7.09. The number of aliphatic hydroxyl groups excluding tert-OH is 2. The first-order valence-electron chi connectivity index (χ1n) is 16.0. The van der Waals surface area contributed by atoms with E-state index in [4.69, 9.17) is 33.3 Å². The number of hydrogen-bond acceptors (Lipinski definition) is 17. The summed E-state index contributed by atoms with van der Waals surface area (Å²) in [6, 6.07) is 0. The van der Waals surface area contributed by atoms with Crippen LogP contribution < -0.4 is 0 Å². The number of oxime groups is 1. The zero-order valence-corrected chi connectivity index (χ0v) is 27.8. The molecule has 4 rings (SSSR count). The number of rotatable bonds is 11. The number of carbonyl (C=O) groups is 7. The molecule has 272 valence electrons. The lowest BCUT2D eigenvalue weighted by Gasteiger charge is -2.46. The summed E-state index contributed by atoms with van der Waals surface area (Å²) in [5.74, 6) is -8.20. The number of ether oxygens (including phenoxy) is 6. The summed E-state index contributed by atoms with van der Waals surface area (Å²) in [5.41, 5.74) is 0.208. The van der Waals surface area contributed by atoms with Crippen LogP contribution in [0.25, 0.3) is 0 Å². The van der Waals surface area contributed by atoms with Gasteiger partial charge in [-0.25, -0.2) is 0 Å². The topological polar surface area (TPSA) is 240 Å². The van der Waals surface area contributed by atoms with Gasteiger partial charge in [0.25, 0.3) is 6.29 Å². The molecule has 0 bridgehead atoms. The van der Waals surface area contributed by atoms with E-state index in [0.29, 0.717) is 0 Å². The molecule has 2 heterocycles. The summed E-state index contributed by atoms with van der Waals surface area (Å²) in [4.78, 5) is 93.4. The number of likely N-dealkylation sites (tertiary alicyclic amines) is 1. The molecule has 0 unspecified atom stereocenters. The SMILES string of the molecule is CCOC(=O)CCN1C(=O)[C@@H]2[C@H]3[C@H](O)[C@H](O)CC(=NO[C@@H]4O[C@H](COC(C)=O)[C@@H](OC(C)=O)[C@H](OC(C)=O)[C@@H]4OC(C)=O)[C@H]3CC[C@H]2C1=O. The Kier molecular flexibility index (Phi) is 12.3. The highest BCUT2D eigenvalue weighted by Crippen LogP contribution is 2.49. The zero-order chi connectivity index (χ0) is 36.2. The molecule has 2 N–H and O–H groups in total. The largest absolute Gasteiger partial charge is 0.466 e. The van der Waals surface area contributed by atoms with Crippen molar-refractivity contribution in [2.24, 2.45) is 28.8 Å². The molecular weight excluding hydrogens is 656 g/mol. The minimum atomic E-state index is -1.64. The highest BCUT2D eigenvalue weighted by molar-refractivity contribution is 6.06. The third kappa shape index (κ3) is 8.53. The number of amides is 2. The van der Waals surface area contributed by atoms with Crippen LogP contribution in [0.4, 0.5) is 0 Å². The average Bonchev–Trinajstić information content (AvgIpc) is 3.26. The first-order valence-corrected chi connectivity index (χ1v) is 16.0. The van der Waals surface area contributed by atoms with E-state index in [-0.39, 0.29) is 44.5 Å². The van der Waals surface area contributed by atoms with Crippen LogP contribution >= 0.6 is 0 Å². The molecule has 11 atom stereocenters. The molecule has 2 saturated carbocycles. The van der Waals surface area contributed by atoms with Crippen molar-refractivity contribution in [3.63, 3.8) is 0 Å². The Morgan fingerprint density at radius 1 is 0.837 bits per heavy atom. The Morgan fingerprint density at radius 3 is 2.06 bits per heavy atom. The lowest BCUT2D eigenvalue weighted by Crippen LogP contribution is -2.62. The molecule has 0 aromatic rings. The molecule has 49 heavy (non-hydrogen) atoms. The Bertz CT molecular complexity index is 1350. The van der Waals surface area contributed by atoms with E-state index in [1.807, 2.05) is 0 Å². The highest BCUT2D eigenvalue weighted by atomic mass is 16.8. The predicted molar refractivity (Wildman–Crippen MR) is 158 cm³/mol. The van der Waals surface area contributed by atoms with Crippen molar-refractivity contribution in [1.82, 2.24) is 4.90 Å². The van der Waals surface area contributed by atoms with Gasteiger partial charge >= 0.3 is 29.8 Å². The van der Waals surface area contributed by atoms with Crippen molar-refractivity contribution >= 4 is 47.4 Å². The van der Waals surface area contributed by atoms with Gasteiger partial charge in [-0.05, 0) is 19.8 Å². The summed E-state index contributed by atoms with van der Waals surface area (Å²) >= 11 is 0. The van der Waals surface area contributed by atoms with E-state index in [1.54, 1.807) is 6.92 Å². The van der Waals surface area contributed by atoms with Gasteiger partial charge in [0.2, 0.25) is 17.9 Å². The Hall–Kier alpha value is -4.16. The van der Waals surface area contributed by atoms with Crippen molar-refractivity contribution in [2.75, 3.05) is 19.8 Å². The monoisotopic (exact) mass is 698 g/mol. The molecule has 18 nitrogen and oxygen atoms in total. The maximum atomic E-state index is 13.6. The molecule has 2 aliphatic heterocycles. The Balaban J connectivity index is 1.63. The molecule has 0 radical (unpaired) electrons. The summed E-state index contributed by atoms with van der Waals surface area (Å²) < 4.78 is 32.0. The van der Waals surface area contributed by atoms with Gasteiger partial charge in [-0.3, -0.25) is 38.5 Å². The average molecular weight is 699 g/mol. The lowest BCUT2D eigenvalue weighted by atomic mass is 9.60. The summed E-state index contributed by atoms with van der Waals surface area (Å²) in [7, 11) is 0. The van der Waals surface area contributed by atoms with Gasteiger partial charge in [-0.15, -0.1) is 0 Å². The lowest BCUT2D eigenvalue weighted by molar-refractivity contribution is -0.308. The zero-order valence-electron chi connectivity index (χ0n) is 27.8. The molecule has 2 amide bonds. The van der Waals surface area contributed by atoms with Crippen LogP contribution in [0.2, 0.25) is 0 Å². The minimum Gasteiger partial charge on any atom is -0.466 e. The van der Waals surface area contributed by atoms with E-state index in [9.17, 15) is 43.8 Å². The summed E-state index contributed by atoms with van der Waals surface area (Å²) in [6.45, 7) is 5.44. The van der Waals surface area contributed by atoms with Crippen molar-refractivity contribution in [3.8, 4) is 0 Å². The van der Waals surface area contributed by atoms with Crippen LogP contribution in [0.15, 0.2) is 5.16 Å². The van der Waals surface area contributed by atoms with E-state index in [0.717, 1.165) is 32.6 Å². The van der Waals surface area contributed by atoms with Crippen LogP contribution in [0.3, 0.4) is 0 Å². The van der Waals surface area contributed by atoms with Gasteiger partial charge < -0.3 is 43.5 Å². The maximum Gasteiger partial charge on any atom is 0.307 e. The number of carbonyl (C=O) groups excluding carboxylic acids is 7. The second kappa shape index (κ2) is 16.0. The fraction of sp³-hybridized carbons (Fsp3) is 0.742. The van der Waals surface area contributed by atoms with Gasteiger partial charge in [0.1, 0.15) is 12.7 Å². The number of aliphatic hydroxyl groups is 2. The van der Waals surface area contributed by atoms with Crippen molar-refractivity contribution in [2.45, 2.75) is 103 Å². The van der Waals surface area contributed by atoms with E-state index < -0.39 is 115 Å². The van der Waals surface area contributed by atoms with Gasteiger partial charge in [-0.2, -0.15) is 0 Å². The third-order valence-corrected chi connectivity index (χ3v) is 8.94. The van der Waals surface area contributed by atoms with Gasteiger partial charge in [0.15, 0.2) is 12.2 Å². The van der Waals surface area contributed by atoms with Gasteiger partial charge in [0.05, 0.1) is 42.8 Å². The van der Waals surface area contributed by atoms with Crippen LogP contribution in [0.5, 0.6) is 0 Å². The number of fused-ring (bicyclic) bond motifs is 3. The summed E-state index contributed by atoms with van der Waals surface area (Å²) in [5, 5.41) is 26.2.